The molecular formula is C10H16N4O2. The molecule has 0 aromatic carbocycles. The van der Waals surface area contributed by atoms with Gasteiger partial charge in [0.15, 0.2) is 0 Å². The number of carbonyl (C=O) groups excluding carboxylic acids is 1. The van der Waals surface area contributed by atoms with E-state index in [0.717, 1.165) is 12.8 Å². The van der Waals surface area contributed by atoms with E-state index in [1.165, 1.54) is 10.9 Å². The van der Waals surface area contributed by atoms with E-state index in [-0.39, 0.29) is 11.9 Å². The highest BCUT2D eigenvalue weighted by molar-refractivity contribution is 5.92. The molecule has 1 amide bonds. The van der Waals surface area contributed by atoms with Crippen LogP contribution in [0.3, 0.4) is 0 Å². The molecule has 1 aliphatic rings. The number of aryl methyl sites for hydroxylation is 1. The van der Waals surface area contributed by atoms with Gasteiger partial charge in [0, 0.05) is 27.2 Å². The van der Waals surface area contributed by atoms with Crippen molar-refractivity contribution in [2.24, 2.45) is 7.05 Å². The summed E-state index contributed by atoms with van der Waals surface area (Å²) in [6.07, 6.45) is 3.60. The maximum absolute atomic E-state index is 12.0. The summed E-state index contributed by atoms with van der Waals surface area (Å²) >= 11 is 0. The monoisotopic (exact) mass is 224 g/mol. The maximum Gasteiger partial charge on any atom is 0.273 e. The van der Waals surface area contributed by atoms with Crippen molar-refractivity contribution in [1.29, 1.82) is 0 Å². The van der Waals surface area contributed by atoms with E-state index >= 15 is 0 Å². The highest BCUT2D eigenvalue weighted by Crippen LogP contribution is 2.27. The van der Waals surface area contributed by atoms with Gasteiger partial charge in [-0.3, -0.25) is 4.79 Å². The minimum Gasteiger partial charge on any atom is -0.381 e. The molecule has 0 unspecified atom stereocenters. The van der Waals surface area contributed by atoms with Gasteiger partial charge in [0.2, 0.25) is 0 Å². The van der Waals surface area contributed by atoms with Crippen LogP contribution in [0.15, 0.2) is 6.20 Å². The topological polar surface area (TPSA) is 60.2 Å². The van der Waals surface area contributed by atoms with Crippen molar-refractivity contribution in [3.05, 3.63) is 11.9 Å². The largest absolute Gasteiger partial charge is 0.381 e. The van der Waals surface area contributed by atoms with E-state index < -0.39 is 0 Å². The summed E-state index contributed by atoms with van der Waals surface area (Å²) in [6, 6.07) is 0.271. The molecule has 1 heterocycles. The van der Waals surface area contributed by atoms with Crippen LogP contribution in [0.5, 0.6) is 0 Å². The van der Waals surface area contributed by atoms with Crippen LogP contribution in [-0.2, 0) is 11.8 Å². The van der Waals surface area contributed by atoms with Gasteiger partial charge in [-0.1, -0.05) is 5.21 Å². The Labute approximate surface area is 94.2 Å². The molecule has 0 aliphatic heterocycles. The Morgan fingerprint density at radius 3 is 2.81 bits per heavy atom. The molecule has 1 saturated carbocycles. The molecule has 1 aliphatic carbocycles. The summed E-state index contributed by atoms with van der Waals surface area (Å²) in [5.74, 6) is -0.0351. The first-order valence-electron chi connectivity index (χ1n) is 5.28. The Hall–Kier alpha value is -1.43. The van der Waals surface area contributed by atoms with Crippen LogP contribution >= 0.6 is 0 Å². The Bertz CT molecular complexity index is 384. The third kappa shape index (κ3) is 1.80. The van der Waals surface area contributed by atoms with E-state index in [0.29, 0.717) is 11.8 Å². The first-order chi connectivity index (χ1) is 7.63. The van der Waals surface area contributed by atoms with E-state index in [2.05, 4.69) is 10.3 Å². The second-order valence-electron chi connectivity index (χ2n) is 4.14. The van der Waals surface area contributed by atoms with E-state index in [4.69, 9.17) is 4.74 Å². The lowest BCUT2D eigenvalue weighted by molar-refractivity contribution is -0.0147. The van der Waals surface area contributed by atoms with Crippen molar-refractivity contribution in [2.75, 3.05) is 14.2 Å². The number of methoxy groups -OCH3 is 1. The average molecular weight is 224 g/mol. The lowest BCUT2D eigenvalue weighted by Crippen LogP contribution is -2.48. The lowest BCUT2D eigenvalue weighted by atomic mass is 9.88. The second kappa shape index (κ2) is 4.21. The smallest absolute Gasteiger partial charge is 0.273 e. The number of aromatic nitrogens is 3. The first-order valence-corrected chi connectivity index (χ1v) is 5.28. The summed E-state index contributed by atoms with van der Waals surface area (Å²) in [4.78, 5) is 13.8. The summed E-state index contributed by atoms with van der Waals surface area (Å²) < 4.78 is 6.68. The van der Waals surface area contributed by atoms with Gasteiger partial charge in [0.05, 0.1) is 12.3 Å². The third-order valence-electron chi connectivity index (χ3n) is 3.20. The average Bonchev–Trinajstić information content (AvgIpc) is 2.61. The van der Waals surface area contributed by atoms with Gasteiger partial charge >= 0.3 is 0 Å². The van der Waals surface area contributed by atoms with Crippen LogP contribution < -0.4 is 0 Å². The number of rotatable bonds is 3. The summed E-state index contributed by atoms with van der Waals surface area (Å²) in [6.45, 7) is 0. The minimum atomic E-state index is -0.0351. The standard InChI is InChI=1S/C10H16N4O2/c1-13(7-4-8(5-7)16-3)10(15)9-6-11-12-14(9)2/h6-8H,4-5H2,1-3H3. The van der Waals surface area contributed by atoms with Gasteiger partial charge in [-0.15, -0.1) is 5.10 Å². The summed E-state index contributed by atoms with van der Waals surface area (Å²) in [5.41, 5.74) is 0.517. The normalized spacial score (nSPS) is 23.9. The molecule has 16 heavy (non-hydrogen) atoms. The van der Waals surface area contributed by atoms with Gasteiger partial charge < -0.3 is 9.64 Å². The zero-order valence-electron chi connectivity index (χ0n) is 9.75. The maximum atomic E-state index is 12.0. The molecule has 0 spiro atoms. The molecular weight excluding hydrogens is 208 g/mol. The molecule has 6 heteroatoms. The lowest BCUT2D eigenvalue weighted by Gasteiger charge is -2.40. The van der Waals surface area contributed by atoms with Crippen molar-refractivity contribution >= 4 is 5.91 Å². The number of nitrogens with zero attached hydrogens (tertiary/aromatic N) is 4. The van der Waals surface area contributed by atoms with Crippen LogP contribution in [0.4, 0.5) is 0 Å². The molecule has 88 valence electrons. The fraction of sp³-hybridized carbons (Fsp3) is 0.700. The Morgan fingerprint density at radius 1 is 1.62 bits per heavy atom. The molecule has 1 aromatic heterocycles. The SMILES string of the molecule is COC1CC(N(C)C(=O)c2cnnn2C)C1. The zero-order chi connectivity index (χ0) is 11.7. The summed E-state index contributed by atoms with van der Waals surface area (Å²) in [7, 11) is 5.23. The fourth-order valence-electron chi connectivity index (χ4n) is 1.88. The molecule has 0 radical (unpaired) electrons. The van der Waals surface area contributed by atoms with Crippen molar-refractivity contribution in [1.82, 2.24) is 19.9 Å². The van der Waals surface area contributed by atoms with E-state index in [1.54, 1.807) is 19.1 Å². The molecule has 0 bridgehead atoms. The zero-order valence-corrected chi connectivity index (χ0v) is 9.75. The van der Waals surface area contributed by atoms with Gasteiger partial charge in [-0.05, 0) is 12.8 Å². The predicted molar refractivity (Wildman–Crippen MR) is 56.9 cm³/mol. The highest BCUT2D eigenvalue weighted by Gasteiger charge is 2.35. The second-order valence-corrected chi connectivity index (χ2v) is 4.14. The Balaban J connectivity index is 1.99. The van der Waals surface area contributed by atoms with Crippen molar-refractivity contribution in [2.45, 2.75) is 25.0 Å². The minimum absolute atomic E-state index is 0.0351. The predicted octanol–water partition coefficient (Wildman–Crippen LogP) is 0.0645. The van der Waals surface area contributed by atoms with Crippen LogP contribution in [0.2, 0.25) is 0 Å². The van der Waals surface area contributed by atoms with Crippen molar-refractivity contribution < 1.29 is 9.53 Å². The van der Waals surface area contributed by atoms with Crippen LogP contribution in [-0.4, -0.2) is 52.1 Å². The number of carbonyl (C=O) groups is 1. The van der Waals surface area contributed by atoms with Gasteiger partial charge in [-0.2, -0.15) is 0 Å². The molecule has 6 nitrogen and oxygen atoms in total. The van der Waals surface area contributed by atoms with E-state index in [1.807, 2.05) is 7.05 Å². The first kappa shape index (κ1) is 11.1. The molecule has 0 atom stereocenters. The van der Waals surface area contributed by atoms with E-state index in [9.17, 15) is 4.79 Å². The van der Waals surface area contributed by atoms with Crippen LogP contribution in [0.1, 0.15) is 23.3 Å². The van der Waals surface area contributed by atoms with Gasteiger partial charge in [0.25, 0.3) is 5.91 Å². The fourth-order valence-corrected chi connectivity index (χ4v) is 1.88. The molecule has 0 N–H and O–H groups in total. The molecule has 1 fully saturated rings. The highest BCUT2D eigenvalue weighted by atomic mass is 16.5. The number of ether oxygens (including phenoxy) is 1. The molecule has 1 aromatic rings. The van der Waals surface area contributed by atoms with Crippen molar-refractivity contribution in [3.8, 4) is 0 Å². The Morgan fingerprint density at radius 2 is 2.31 bits per heavy atom. The van der Waals surface area contributed by atoms with Crippen LogP contribution in [0.25, 0.3) is 0 Å². The number of hydrogen-bond acceptors (Lipinski definition) is 4. The summed E-state index contributed by atoms with van der Waals surface area (Å²) in [5, 5.41) is 7.45. The number of amides is 1. The Kier molecular flexibility index (Phi) is 2.91. The van der Waals surface area contributed by atoms with Crippen LogP contribution in [0, 0.1) is 0 Å². The third-order valence-corrected chi connectivity index (χ3v) is 3.20. The van der Waals surface area contributed by atoms with Gasteiger partial charge in [0.1, 0.15) is 5.69 Å². The quantitative estimate of drug-likeness (QED) is 0.728. The number of hydrogen-bond donors (Lipinski definition) is 0. The molecule has 0 saturated heterocycles. The molecule has 2 rings (SSSR count). The van der Waals surface area contributed by atoms with Crippen molar-refractivity contribution in [3.63, 3.8) is 0 Å². The van der Waals surface area contributed by atoms with Gasteiger partial charge in [-0.25, -0.2) is 4.68 Å².